The number of halogens is 1. The molecule has 4 heteroatoms. The van der Waals surface area contributed by atoms with Crippen molar-refractivity contribution >= 4 is 42.6 Å². The largest absolute Gasteiger partial charge is 0.361 e. The summed E-state index contributed by atoms with van der Waals surface area (Å²) >= 11 is 5.33. The minimum atomic E-state index is 0.985. The number of thiazole rings is 1. The molecule has 0 amide bonds. The first kappa shape index (κ1) is 11.9. The van der Waals surface area contributed by atoms with Gasteiger partial charge in [-0.3, -0.25) is 0 Å². The molecule has 2 aromatic rings. The molecule has 0 bridgehead atoms. The van der Waals surface area contributed by atoms with Gasteiger partial charge in [-0.15, -0.1) is 0 Å². The van der Waals surface area contributed by atoms with E-state index in [0.29, 0.717) is 0 Å². The zero-order chi connectivity index (χ0) is 11.7. The van der Waals surface area contributed by atoms with Crippen LogP contribution in [0.15, 0.2) is 10.5 Å². The van der Waals surface area contributed by atoms with Crippen molar-refractivity contribution in [2.75, 3.05) is 11.9 Å². The molecule has 1 aromatic heterocycles. The van der Waals surface area contributed by atoms with Crippen molar-refractivity contribution in [3.8, 4) is 0 Å². The minimum absolute atomic E-state index is 0.985. The van der Waals surface area contributed by atoms with E-state index in [9.17, 15) is 0 Å². The van der Waals surface area contributed by atoms with E-state index in [2.05, 4.69) is 53.1 Å². The average Bonchev–Trinajstić information content (AvgIpc) is 2.68. The summed E-state index contributed by atoms with van der Waals surface area (Å²) in [6.45, 7) is 7.38. The Morgan fingerprint density at radius 1 is 1.44 bits per heavy atom. The Kier molecular flexibility index (Phi) is 3.50. The molecule has 1 N–H and O–H groups in total. The molecule has 16 heavy (non-hydrogen) atoms. The van der Waals surface area contributed by atoms with Gasteiger partial charge in [-0.25, -0.2) is 4.98 Å². The molecule has 2 rings (SSSR count). The fourth-order valence-electron chi connectivity index (χ4n) is 1.62. The number of anilines is 1. The summed E-state index contributed by atoms with van der Waals surface area (Å²) in [6.07, 6.45) is 1.12. The van der Waals surface area contributed by atoms with Crippen molar-refractivity contribution < 1.29 is 0 Å². The zero-order valence-corrected chi connectivity index (χ0v) is 12.1. The van der Waals surface area contributed by atoms with Crippen molar-refractivity contribution in [1.29, 1.82) is 0 Å². The minimum Gasteiger partial charge on any atom is -0.361 e. The van der Waals surface area contributed by atoms with Gasteiger partial charge in [-0.1, -0.05) is 34.2 Å². The summed E-state index contributed by atoms with van der Waals surface area (Å²) in [5.74, 6) is 0. The molecule has 0 saturated heterocycles. The second-order valence-electron chi connectivity index (χ2n) is 3.92. The van der Waals surface area contributed by atoms with Crippen LogP contribution < -0.4 is 5.32 Å². The van der Waals surface area contributed by atoms with Gasteiger partial charge in [0.2, 0.25) is 0 Å². The van der Waals surface area contributed by atoms with E-state index in [1.807, 2.05) is 0 Å². The van der Waals surface area contributed by atoms with E-state index in [4.69, 9.17) is 0 Å². The van der Waals surface area contributed by atoms with Crippen molar-refractivity contribution in [3.63, 3.8) is 0 Å². The summed E-state index contributed by atoms with van der Waals surface area (Å²) in [5, 5.41) is 4.38. The molecule has 0 aliphatic rings. The summed E-state index contributed by atoms with van der Waals surface area (Å²) < 4.78 is 2.45. The van der Waals surface area contributed by atoms with Gasteiger partial charge in [0.1, 0.15) is 0 Å². The Morgan fingerprint density at radius 3 is 2.88 bits per heavy atom. The standard InChI is InChI=1S/C12H15BrN2S/c1-4-5-14-12-15-10-7(2)6-9(13)8(3)11(10)16-12/h6H,4-5H2,1-3H3,(H,14,15). The van der Waals surface area contributed by atoms with Crippen LogP contribution in [0.1, 0.15) is 24.5 Å². The monoisotopic (exact) mass is 298 g/mol. The number of aryl methyl sites for hydroxylation is 2. The number of hydrogen-bond donors (Lipinski definition) is 1. The first-order valence-electron chi connectivity index (χ1n) is 5.43. The van der Waals surface area contributed by atoms with Crippen LogP contribution in [0.3, 0.4) is 0 Å². The predicted octanol–water partition coefficient (Wildman–Crippen LogP) is 4.50. The third-order valence-corrected chi connectivity index (χ3v) is 4.53. The van der Waals surface area contributed by atoms with Crippen molar-refractivity contribution in [3.05, 3.63) is 21.7 Å². The number of rotatable bonds is 3. The van der Waals surface area contributed by atoms with Crippen molar-refractivity contribution in [2.45, 2.75) is 27.2 Å². The lowest BCUT2D eigenvalue weighted by Crippen LogP contribution is -1.98. The maximum atomic E-state index is 4.64. The van der Waals surface area contributed by atoms with Gasteiger partial charge < -0.3 is 5.32 Å². The number of benzene rings is 1. The quantitative estimate of drug-likeness (QED) is 0.902. The Labute approximate surface area is 108 Å². The molecule has 1 heterocycles. The van der Waals surface area contributed by atoms with Gasteiger partial charge in [0.15, 0.2) is 5.13 Å². The number of hydrogen-bond acceptors (Lipinski definition) is 3. The van der Waals surface area contributed by atoms with E-state index >= 15 is 0 Å². The normalized spacial score (nSPS) is 11.0. The van der Waals surface area contributed by atoms with Gasteiger partial charge >= 0.3 is 0 Å². The van der Waals surface area contributed by atoms with Gasteiger partial charge in [-0.05, 0) is 37.5 Å². The number of fused-ring (bicyclic) bond motifs is 1. The van der Waals surface area contributed by atoms with E-state index in [-0.39, 0.29) is 0 Å². The van der Waals surface area contributed by atoms with Crippen molar-refractivity contribution in [1.82, 2.24) is 4.98 Å². The molecule has 0 saturated carbocycles. The molecule has 2 nitrogen and oxygen atoms in total. The second-order valence-corrected chi connectivity index (χ2v) is 5.78. The van der Waals surface area contributed by atoms with Crippen LogP contribution in [-0.4, -0.2) is 11.5 Å². The summed E-state index contributed by atoms with van der Waals surface area (Å²) in [4.78, 5) is 4.64. The van der Waals surface area contributed by atoms with Gasteiger partial charge in [0.25, 0.3) is 0 Å². The first-order valence-corrected chi connectivity index (χ1v) is 7.04. The van der Waals surface area contributed by atoms with Gasteiger partial charge in [0.05, 0.1) is 10.2 Å². The van der Waals surface area contributed by atoms with Crippen LogP contribution in [0.5, 0.6) is 0 Å². The van der Waals surface area contributed by atoms with Crippen LogP contribution in [0, 0.1) is 13.8 Å². The fourth-order valence-corrected chi connectivity index (χ4v) is 3.37. The van der Waals surface area contributed by atoms with E-state index in [1.165, 1.54) is 20.3 Å². The Bertz CT molecular complexity index is 519. The highest BCUT2D eigenvalue weighted by Crippen LogP contribution is 2.34. The molecule has 0 aliphatic carbocycles. The first-order chi connectivity index (χ1) is 7.63. The maximum absolute atomic E-state index is 4.64. The molecule has 86 valence electrons. The zero-order valence-electron chi connectivity index (χ0n) is 9.72. The summed E-state index contributed by atoms with van der Waals surface area (Å²) in [6, 6.07) is 2.14. The van der Waals surface area contributed by atoms with E-state index in [0.717, 1.165) is 23.6 Å². The second kappa shape index (κ2) is 4.72. The third kappa shape index (κ3) is 2.09. The molecular formula is C12H15BrN2S. The summed E-state index contributed by atoms with van der Waals surface area (Å²) in [7, 11) is 0. The van der Waals surface area contributed by atoms with Crippen LogP contribution >= 0.6 is 27.3 Å². The Balaban J connectivity index is 2.52. The maximum Gasteiger partial charge on any atom is 0.183 e. The lowest BCUT2D eigenvalue weighted by Gasteiger charge is -2.01. The number of nitrogens with one attached hydrogen (secondary N) is 1. The molecule has 0 atom stereocenters. The average molecular weight is 299 g/mol. The van der Waals surface area contributed by atoms with Gasteiger partial charge in [-0.2, -0.15) is 0 Å². The van der Waals surface area contributed by atoms with Crippen LogP contribution in [0.2, 0.25) is 0 Å². The molecular weight excluding hydrogens is 284 g/mol. The lowest BCUT2D eigenvalue weighted by molar-refractivity contribution is 0.977. The third-order valence-electron chi connectivity index (χ3n) is 2.57. The molecule has 1 aromatic carbocycles. The van der Waals surface area contributed by atoms with Crippen LogP contribution in [0.4, 0.5) is 5.13 Å². The highest BCUT2D eigenvalue weighted by molar-refractivity contribution is 9.10. The Morgan fingerprint density at radius 2 is 2.19 bits per heavy atom. The molecule has 0 unspecified atom stereocenters. The van der Waals surface area contributed by atoms with Crippen molar-refractivity contribution in [2.24, 2.45) is 0 Å². The number of nitrogens with zero attached hydrogens (tertiary/aromatic N) is 1. The lowest BCUT2D eigenvalue weighted by atomic mass is 10.1. The number of aromatic nitrogens is 1. The highest BCUT2D eigenvalue weighted by atomic mass is 79.9. The topological polar surface area (TPSA) is 24.9 Å². The van der Waals surface area contributed by atoms with E-state index in [1.54, 1.807) is 11.3 Å². The molecule has 0 aliphatic heterocycles. The SMILES string of the molecule is CCCNc1nc2c(C)cc(Br)c(C)c2s1. The molecule has 0 fully saturated rings. The fraction of sp³-hybridized carbons (Fsp3) is 0.417. The predicted molar refractivity (Wildman–Crippen MR) is 75.6 cm³/mol. The highest BCUT2D eigenvalue weighted by Gasteiger charge is 2.10. The molecule has 0 spiro atoms. The smallest absolute Gasteiger partial charge is 0.183 e. The van der Waals surface area contributed by atoms with Crippen LogP contribution in [-0.2, 0) is 0 Å². The molecule has 0 radical (unpaired) electrons. The van der Waals surface area contributed by atoms with Gasteiger partial charge in [0, 0.05) is 11.0 Å². The summed E-state index contributed by atoms with van der Waals surface area (Å²) in [5.41, 5.74) is 3.64. The van der Waals surface area contributed by atoms with E-state index < -0.39 is 0 Å². The van der Waals surface area contributed by atoms with Crippen LogP contribution in [0.25, 0.3) is 10.2 Å². The Hall–Kier alpha value is -0.610.